The zero-order valence-corrected chi connectivity index (χ0v) is 18.7. The number of halogens is 3. The van der Waals surface area contributed by atoms with E-state index in [9.17, 15) is 23.1 Å². The van der Waals surface area contributed by atoms with E-state index in [2.05, 4.69) is 5.10 Å². The number of carbonyl (C=O) groups is 1. The zero-order valence-electron chi connectivity index (χ0n) is 18.7. The Labute approximate surface area is 190 Å². The summed E-state index contributed by atoms with van der Waals surface area (Å²) in [5.41, 5.74) is 4.32. The third-order valence-corrected chi connectivity index (χ3v) is 5.43. The molecule has 0 spiro atoms. The van der Waals surface area contributed by atoms with Crippen LogP contribution in [0.25, 0.3) is 11.1 Å². The molecule has 0 radical (unpaired) electrons. The minimum absolute atomic E-state index is 0.128. The molecule has 1 aromatic heterocycles. The fraction of sp³-hybridized carbons (Fsp3) is 0.360. The van der Waals surface area contributed by atoms with Crippen molar-refractivity contribution in [3.63, 3.8) is 0 Å². The maximum absolute atomic E-state index is 13.2. The topological polar surface area (TPSA) is 64.3 Å². The molecule has 0 saturated carbocycles. The number of unbranched alkanes of at least 4 members (excludes halogenated alkanes) is 1. The van der Waals surface area contributed by atoms with Gasteiger partial charge in [0.2, 0.25) is 0 Å². The van der Waals surface area contributed by atoms with Crippen LogP contribution in [0.5, 0.6) is 0 Å². The summed E-state index contributed by atoms with van der Waals surface area (Å²) in [5.74, 6) is -1.00. The number of ether oxygens (including phenoxy) is 1. The Balaban J connectivity index is 1.95. The molecular weight excluding hydrogens is 433 g/mol. The van der Waals surface area contributed by atoms with E-state index in [4.69, 9.17) is 4.74 Å². The maximum Gasteiger partial charge on any atom is 0.408 e. The second-order valence-corrected chi connectivity index (χ2v) is 7.91. The molecular formula is C25H27F3N2O3. The van der Waals surface area contributed by atoms with Gasteiger partial charge in [-0.25, -0.2) is 4.79 Å². The summed E-state index contributed by atoms with van der Waals surface area (Å²) in [7, 11) is 1.49. The van der Waals surface area contributed by atoms with Crippen LogP contribution in [-0.4, -0.2) is 34.1 Å². The molecule has 33 heavy (non-hydrogen) atoms. The quantitative estimate of drug-likeness (QED) is 0.410. The molecule has 0 unspecified atom stereocenters. The van der Waals surface area contributed by atoms with Gasteiger partial charge in [-0.1, -0.05) is 55.8 Å². The van der Waals surface area contributed by atoms with Crippen molar-refractivity contribution in [3.05, 3.63) is 76.6 Å². The predicted octanol–water partition coefficient (Wildman–Crippen LogP) is 5.89. The lowest BCUT2D eigenvalue weighted by atomic mass is 9.96. The van der Waals surface area contributed by atoms with Gasteiger partial charge in [0.25, 0.3) is 0 Å². The average Bonchev–Trinajstić information content (AvgIpc) is 3.07. The van der Waals surface area contributed by atoms with Crippen LogP contribution >= 0.6 is 0 Å². The van der Waals surface area contributed by atoms with Crippen molar-refractivity contribution >= 4 is 5.97 Å². The third-order valence-electron chi connectivity index (χ3n) is 5.43. The molecule has 0 amide bonds. The Morgan fingerprint density at radius 2 is 1.82 bits per heavy atom. The van der Waals surface area contributed by atoms with Crippen molar-refractivity contribution in [2.45, 2.75) is 51.9 Å². The van der Waals surface area contributed by atoms with Gasteiger partial charge in [0.05, 0.1) is 17.9 Å². The molecule has 0 saturated heterocycles. The second kappa shape index (κ2) is 10.7. The van der Waals surface area contributed by atoms with E-state index < -0.39 is 18.7 Å². The summed E-state index contributed by atoms with van der Waals surface area (Å²) in [5, 5.41) is 13.7. The number of alkyl halides is 3. The smallest absolute Gasteiger partial charge is 0.408 e. The molecule has 0 atom stereocenters. The maximum atomic E-state index is 13.2. The van der Waals surface area contributed by atoms with Crippen molar-refractivity contribution < 1.29 is 27.8 Å². The summed E-state index contributed by atoms with van der Waals surface area (Å²) in [6.07, 6.45) is -1.84. The summed E-state index contributed by atoms with van der Waals surface area (Å²) >= 11 is 0. The number of aromatic nitrogens is 2. The van der Waals surface area contributed by atoms with Crippen LogP contribution in [0.1, 0.15) is 52.6 Å². The molecule has 2 aromatic carbocycles. The number of hydrogen-bond acceptors (Lipinski definition) is 3. The first kappa shape index (κ1) is 24.5. The highest BCUT2D eigenvalue weighted by Crippen LogP contribution is 2.28. The highest BCUT2D eigenvalue weighted by atomic mass is 19.4. The number of carboxylic acids is 1. The second-order valence-electron chi connectivity index (χ2n) is 7.91. The highest BCUT2D eigenvalue weighted by molar-refractivity contribution is 5.95. The van der Waals surface area contributed by atoms with Gasteiger partial charge in [-0.3, -0.25) is 4.68 Å². The van der Waals surface area contributed by atoms with Crippen LogP contribution in [0, 0.1) is 0 Å². The summed E-state index contributed by atoms with van der Waals surface area (Å²) in [4.78, 5) is 11.5. The summed E-state index contributed by atoms with van der Waals surface area (Å²) in [6.45, 7) is 0.991. The van der Waals surface area contributed by atoms with Gasteiger partial charge in [-0.2, -0.15) is 18.3 Å². The first-order valence-electron chi connectivity index (χ1n) is 10.8. The molecule has 0 aliphatic carbocycles. The van der Waals surface area contributed by atoms with E-state index in [-0.39, 0.29) is 12.2 Å². The van der Waals surface area contributed by atoms with Gasteiger partial charge >= 0.3 is 12.1 Å². The third kappa shape index (κ3) is 6.22. The van der Waals surface area contributed by atoms with E-state index in [1.165, 1.54) is 7.11 Å². The van der Waals surface area contributed by atoms with Gasteiger partial charge < -0.3 is 9.84 Å². The Morgan fingerprint density at radius 1 is 1.12 bits per heavy atom. The Morgan fingerprint density at radius 3 is 2.42 bits per heavy atom. The zero-order chi connectivity index (χ0) is 24.0. The molecule has 0 aliphatic heterocycles. The fourth-order valence-electron chi connectivity index (χ4n) is 3.90. The molecule has 8 heteroatoms. The lowest BCUT2D eigenvalue weighted by Crippen LogP contribution is -2.20. The van der Waals surface area contributed by atoms with Crippen LogP contribution in [0.4, 0.5) is 13.2 Å². The van der Waals surface area contributed by atoms with E-state index >= 15 is 0 Å². The average molecular weight is 460 g/mol. The van der Waals surface area contributed by atoms with Gasteiger partial charge in [0, 0.05) is 24.8 Å². The minimum atomic E-state index is -4.37. The van der Waals surface area contributed by atoms with Gasteiger partial charge in [0.1, 0.15) is 6.54 Å². The fourth-order valence-corrected chi connectivity index (χ4v) is 3.90. The van der Waals surface area contributed by atoms with Crippen molar-refractivity contribution in [2.75, 3.05) is 7.11 Å². The number of rotatable bonds is 10. The number of nitrogens with zero attached hydrogens (tertiary/aromatic N) is 2. The van der Waals surface area contributed by atoms with Crippen LogP contribution in [0.2, 0.25) is 0 Å². The van der Waals surface area contributed by atoms with Crippen LogP contribution in [0.15, 0.2) is 48.5 Å². The van der Waals surface area contributed by atoms with Crippen LogP contribution in [-0.2, 0) is 30.7 Å². The van der Waals surface area contributed by atoms with E-state index in [1.54, 1.807) is 24.3 Å². The first-order chi connectivity index (χ1) is 15.7. The molecule has 1 heterocycles. The largest absolute Gasteiger partial charge is 0.478 e. The number of benzene rings is 2. The van der Waals surface area contributed by atoms with Gasteiger partial charge in [0.15, 0.2) is 0 Å². The van der Waals surface area contributed by atoms with Crippen molar-refractivity contribution in [1.29, 1.82) is 0 Å². The number of carboxylic acid groups (broad SMARTS) is 1. The standard InChI is InChI=1S/C25H27F3N2O3/c1-3-4-9-23-21(22(15-33-2)29-30(23)16-25(26,27)28)14-17-10-12-18(13-11-17)19-7-5-6-8-20(19)24(31)32/h5-8,10-13H,3-4,9,14-16H2,1-2H3,(H,31,32). The Hall–Kier alpha value is -3.13. The predicted molar refractivity (Wildman–Crippen MR) is 119 cm³/mol. The van der Waals surface area contributed by atoms with E-state index in [0.717, 1.165) is 34.2 Å². The Kier molecular flexibility index (Phi) is 7.92. The molecule has 0 aliphatic rings. The summed E-state index contributed by atoms with van der Waals surface area (Å²) in [6, 6.07) is 14.2. The SMILES string of the molecule is CCCCc1c(Cc2ccc(-c3ccccc3C(=O)O)cc2)c(COC)nn1CC(F)(F)F. The molecule has 1 N–H and O–H groups in total. The first-order valence-corrected chi connectivity index (χ1v) is 10.8. The molecule has 5 nitrogen and oxygen atoms in total. The van der Waals surface area contributed by atoms with E-state index in [1.807, 2.05) is 31.2 Å². The van der Waals surface area contributed by atoms with E-state index in [0.29, 0.717) is 29.8 Å². The Bertz CT molecular complexity index is 1090. The van der Waals surface area contributed by atoms with Crippen molar-refractivity contribution in [1.82, 2.24) is 9.78 Å². The molecule has 0 fully saturated rings. The number of aromatic carboxylic acids is 1. The lowest BCUT2D eigenvalue weighted by molar-refractivity contribution is -0.143. The lowest BCUT2D eigenvalue weighted by Gasteiger charge is -2.12. The number of methoxy groups -OCH3 is 1. The highest BCUT2D eigenvalue weighted by Gasteiger charge is 2.31. The van der Waals surface area contributed by atoms with Crippen molar-refractivity contribution in [2.24, 2.45) is 0 Å². The summed E-state index contributed by atoms with van der Waals surface area (Å²) < 4.78 is 45.8. The van der Waals surface area contributed by atoms with Gasteiger partial charge in [-0.15, -0.1) is 0 Å². The monoisotopic (exact) mass is 460 g/mol. The van der Waals surface area contributed by atoms with Crippen LogP contribution < -0.4 is 0 Å². The molecule has 176 valence electrons. The number of hydrogen-bond donors (Lipinski definition) is 1. The van der Waals surface area contributed by atoms with Gasteiger partial charge in [-0.05, 0) is 35.6 Å². The van der Waals surface area contributed by atoms with Crippen LogP contribution in [0.3, 0.4) is 0 Å². The molecule has 3 aromatic rings. The molecule has 3 rings (SSSR count). The van der Waals surface area contributed by atoms with Crippen molar-refractivity contribution in [3.8, 4) is 11.1 Å². The molecule has 0 bridgehead atoms. The normalized spacial score (nSPS) is 11.7. The minimum Gasteiger partial charge on any atom is -0.478 e.